The minimum absolute atomic E-state index is 0.0521. The molecule has 0 radical (unpaired) electrons. The van der Waals surface area contributed by atoms with E-state index in [2.05, 4.69) is 31.0 Å². The maximum absolute atomic E-state index is 12.9. The van der Waals surface area contributed by atoms with Crippen molar-refractivity contribution >= 4 is 27.4 Å². The molecule has 1 unspecified atom stereocenters. The molecule has 2 aromatic rings. The van der Waals surface area contributed by atoms with Crippen molar-refractivity contribution in [3.05, 3.63) is 64.7 Å². The van der Waals surface area contributed by atoms with Crippen LogP contribution in [0.1, 0.15) is 55.6 Å². The Balaban J connectivity index is 1.62. The van der Waals surface area contributed by atoms with Crippen molar-refractivity contribution in [1.82, 2.24) is 14.5 Å². The summed E-state index contributed by atoms with van der Waals surface area (Å²) in [5.74, 6) is 0.478. The van der Waals surface area contributed by atoms with Crippen LogP contribution in [0, 0.1) is 5.92 Å². The van der Waals surface area contributed by atoms with Crippen molar-refractivity contribution in [2.45, 2.75) is 44.6 Å². The number of benzene rings is 2. The van der Waals surface area contributed by atoms with Gasteiger partial charge < -0.3 is 5.32 Å². The zero-order valence-corrected chi connectivity index (χ0v) is 21.9. The Kier molecular flexibility index (Phi) is 9.68. The topological polar surface area (TPSA) is 69.7 Å². The first-order valence-corrected chi connectivity index (χ1v) is 13.9. The Bertz CT molecular complexity index is 1050. The summed E-state index contributed by atoms with van der Waals surface area (Å²) in [5, 5.41) is 4.00. The Hall–Kier alpha value is -1.77. The monoisotopic (exact) mass is 505 g/mol. The van der Waals surface area contributed by atoms with E-state index in [9.17, 15) is 13.2 Å². The van der Waals surface area contributed by atoms with E-state index in [4.69, 9.17) is 11.6 Å². The third-order valence-electron chi connectivity index (χ3n) is 6.70. The molecule has 0 saturated carbocycles. The lowest BCUT2D eigenvalue weighted by molar-refractivity contribution is 0.0986. The summed E-state index contributed by atoms with van der Waals surface area (Å²) in [7, 11) is -3.52. The lowest BCUT2D eigenvalue weighted by Crippen LogP contribution is -2.38. The number of carbonyl (C=O) groups excluding carboxylic acids is 1. The highest BCUT2D eigenvalue weighted by Crippen LogP contribution is 2.27. The molecule has 0 bridgehead atoms. The number of hydrogen-bond donors (Lipinski definition) is 1. The van der Waals surface area contributed by atoms with Gasteiger partial charge in [-0.3, -0.25) is 9.69 Å². The summed E-state index contributed by atoms with van der Waals surface area (Å²) < 4.78 is 27.4. The fourth-order valence-electron chi connectivity index (χ4n) is 4.46. The number of hydrogen-bond acceptors (Lipinski definition) is 5. The highest BCUT2D eigenvalue weighted by molar-refractivity contribution is 7.89. The molecule has 0 aromatic heterocycles. The molecule has 0 amide bonds. The highest BCUT2D eigenvalue weighted by atomic mass is 35.5. The molecule has 1 atom stereocenters. The van der Waals surface area contributed by atoms with Crippen molar-refractivity contribution in [1.29, 1.82) is 0 Å². The van der Waals surface area contributed by atoms with Crippen LogP contribution in [-0.4, -0.2) is 62.7 Å². The number of ketones is 1. The molecule has 2 aromatic carbocycles. The van der Waals surface area contributed by atoms with E-state index >= 15 is 0 Å². The van der Waals surface area contributed by atoms with Gasteiger partial charge in [-0.05, 0) is 55.6 Å². The van der Waals surface area contributed by atoms with Gasteiger partial charge in [0.05, 0.1) is 11.4 Å². The zero-order chi connectivity index (χ0) is 24.7. The molecule has 1 fully saturated rings. The van der Waals surface area contributed by atoms with Gasteiger partial charge in [-0.15, -0.1) is 0 Å². The Labute approximate surface area is 209 Å². The standard InChI is InChI=1S/C26H36ClN3O3S/c1-4-29(5-2)25(23-8-6-7-9-24(23)27)18-28-19-26(31)21-10-12-22(13-11-21)34(32,33)30-16-14-20(3)15-17-30/h6-13,20,25,28H,4-5,14-19H2,1-3H3. The lowest BCUT2D eigenvalue weighted by Gasteiger charge is -2.31. The van der Waals surface area contributed by atoms with E-state index < -0.39 is 10.0 Å². The maximum atomic E-state index is 12.9. The van der Waals surface area contributed by atoms with Crippen LogP contribution in [0.5, 0.6) is 0 Å². The van der Waals surface area contributed by atoms with Crippen LogP contribution >= 0.6 is 11.6 Å². The predicted molar refractivity (Wildman–Crippen MR) is 138 cm³/mol. The second-order valence-electron chi connectivity index (χ2n) is 8.92. The maximum Gasteiger partial charge on any atom is 0.243 e. The average molecular weight is 506 g/mol. The Morgan fingerprint density at radius 2 is 1.71 bits per heavy atom. The molecule has 3 rings (SSSR count). The molecule has 0 aliphatic carbocycles. The van der Waals surface area contributed by atoms with Gasteiger partial charge in [-0.25, -0.2) is 8.42 Å². The second kappa shape index (κ2) is 12.3. The normalized spacial score (nSPS) is 16.6. The van der Waals surface area contributed by atoms with E-state index in [-0.39, 0.29) is 23.3 Å². The van der Waals surface area contributed by atoms with Crippen LogP contribution in [0.15, 0.2) is 53.4 Å². The molecule has 0 spiro atoms. The largest absolute Gasteiger partial charge is 0.308 e. The smallest absolute Gasteiger partial charge is 0.243 e. The third-order valence-corrected chi connectivity index (χ3v) is 8.95. The van der Waals surface area contributed by atoms with E-state index in [0.29, 0.717) is 36.1 Å². The number of rotatable bonds is 11. The summed E-state index contributed by atoms with van der Waals surface area (Å²) >= 11 is 6.46. The minimum atomic E-state index is -3.52. The summed E-state index contributed by atoms with van der Waals surface area (Å²) in [6.45, 7) is 9.95. The number of piperidine rings is 1. The molecule has 186 valence electrons. The van der Waals surface area contributed by atoms with Crippen molar-refractivity contribution in [3.8, 4) is 0 Å². The van der Waals surface area contributed by atoms with E-state index in [1.54, 1.807) is 28.6 Å². The molecule has 1 N–H and O–H groups in total. The van der Waals surface area contributed by atoms with Crippen molar-refractivity contribution in [2.24, 2.45) is 5.92 Å². The number of nitrogens with one attached hydrogen (secondary N) is 1. The van der Waals surface area contributed by atoms with Crippen molar-refractivity contribution in [2.75, 3.05) is 39.3 Å². The fourth-order valence-corrected chi connectivity index (χ4v) is 6.19. The Morgan fingerprint density at radius 3 is 2.29 bits per heavy atom. The number of Topliss-reactive ketones (excluding diaryl/α,β-unsaturated/α-hetero) is 1. The second-order valence-corrected chi connectivity index (χ2v) is 11.3. The third kappa shape index (κ3) is 6.46. The van der Waals surface area contributed by atoms with Crippen LogP contribution in [0.4, 0.5) is 0 Å². The van der Waals surface area contributed by atoms with Gasteiger partial charge in [-0.1, -0.05) is 62.7 Å². The van der Waals surface area contributed by atoms with E-state index in [0.717, 1.165) is 31.5 Å². The van der Waals surface area contributed by atoms with Gasteiger partial charge in [0.25, 0.3) is 0 Å². The SMILES string of the molecule is CCN(CC)C(CNCC(=O)c1ccc(S(=O)(=O)N2CCC(C)CC2)cc1)c1ccccc1Cl. The lowest BCUT2D eigenvalue weighted by atomic mass is 10.0. The van der Waals surface area contributed by atoms with Gasteiger partial charge in [0.1, 0.15) is 0 Å². The van der Waals surface area contributed by atoms with Gasteiger partial charge in [0, 0.05) is 36.3 Å². The summed E-state index contributed by atoms with van der Waals surface area (Å²) in [6, 6.07) is 14.2. The molecule has 1 saturated heterocycles. The van der Waals surface area contributed by atoms with Crippen LogP contribution in [-0.2, 0) is 10.0 Å². The molecule has 8 heteroatoms. The first kappa shape index (κ1) is 26.8. The fraction of sp³-hybridized carbons (Fsp3) is 0.500. The van der Waals surface area contributed by atoms with Crippen LogP contribution in [0.3, 0.4) is 0 Å². The van der Waals surface area contributed by atoms with Crippen LogP contribution < -0.4 is 5.32 Å². The molecule has 1 aliphatic rings. The van der Waals surface area contributed by atoms with E-state index in [1.807, 2.05) is 24.3 Å². The van der Waals surface area contributed by atoms with Gasteiger partial charge in [-0.2, -0.15) is 4.31 Å². The number of likely N-dealkylation sites (N-methyl/N-ethyl adjacent to an activating group) is 1. The number of halogens is 1. The summed E-state index contributed by atoms with van der Waals surface area (Å²) in [5.41, 5.74) is 1.53. The first-order chi connectivity index (χ1) is 16.3. The molecular weight excluding hydrogens is 470 g/mol. The number of nitrogens with zero attached hydrogens (tertiary/aromatic N) is 2. The number of sulfonamides is 1. The minimum Gasteiger partial charge on any atom is -0.308 e. The highest BCUT2D eigenvalue weighted by Gasteiger charge is 2.28. The first-order valence-electron chi connectivity index (χ1n) is 12.1. The molecule has 1 aliphatic heterocycles. The molecule has 1 heterocycles. The van der Waals surface area contributed by atoms with Crippen molar-refractivity contribution in [3.63, 3.8) is 0 Å². The summed E-state index contributed by atoms with van der Waals surface area (Å²) in [6.07, 6.45) is 1.76. The zero-order valence-electron chi connectivity index (χ0n) is 20.3. The van der Waals surface area contributed by atoms with Gasteiger partial charge >= 0.3 is 0 Å². The molecule has 6 nitrogen and oxygen atoms in total. The van der Waals surface area contributed by atoms with Crippen LogP contribution in [0.25, 0.3) is 0 Å². The quantitative estimate of drug-likeness (QED) is 0.451. The number of carbonyl (C=O) groups is 1. The van der Waals surface area contributed by atoms with E-state index in [1.165, 1.54) is 0 Å². The average Bonchev–Trinajstić information content (AvgIpc) is 2.84. The van der Waals surface area contributed by atoms with Gasteiger partial charge in [0.15, 0.2) is 5.78 Å². The molecule has 34 heavy (non-hydrogen) atoms. The predicted octanol–water partition coefficient (Wildman–Crippen LogP) is 4.62. The van der Waals surface area contributed by atoms with Gasteiger partial charge in [0.2, 0.25) is 10.0 Å². The molecular formula is C26H36ClN3O3S. The van der Waals surface area contributed by atoms with Crippen LogP contribution in [0.2, 0.25) is 5.02 Å². The summed E-state index contributed by atoms with van der Waals surface area (Å²) in [4.78, 5) is 15.3. The van der Waals surface area contributed by atoms with Crippen molar-refractivity contribution < 1.29 is 13.2 Å². The Morgan fingerprint density at radius 1 is 1.09 bits per heavy atom.